The second kappa shape index (κ2) is 4.05. The number of hydrogen-bond acceptors (Lipinski definition) is 3. The molecular formula is C4H11NO2. The van der Waals surface area contributed by atoms with Crippen LogP contribution in [-0.4, -0.2) is 25.1 Å². The highest BCUT2D eigenvalue weighted by Gasteiger charge is 1.90. The summed E-state index contributed by atoms with van der Waals surface area (Å²) >= 11 is 0. The van der Waals surface area contributed by atoms with Crippen LogP contribution in [0, 0.1) is 0 Å². The zero-order valence-corrected chi connectivity index (χ0v) is 4.42. The molecule has 1 atom stereocenters. The van der Waals surface area contributed by atoms with Gasteiger partial charge in [-0.2, -0.15) is 0 Å². The van der Waals surface area contributed by atoms with E-state index in [0.717, 1.165) is 0 Å². The normalized spacial score (nSPS) is 14.1. The number of ether oxygens (including phenoxy) is 1. The molecule has 44 valence electrons. The van der Waals surface area contributed by atoms with E-state index < -0.39 is 6.23 Å². The fourth-order valence-corrected chi connectivity index (χ4v) is 0.239. The predicted octanol–water partition coefficient (Wildman–Crippen LogP) is -0.700. The van der Waals surface area contributed by atoms with Crippen LogP contribution in [-0.2, 0) is 4.74 Å². The first kappa shape index (κ1) is 6.88. The summed E-state index contributed by atoms with van der Waals surface area (Å²) in [4.78, 5) is 0. The highest BCUT2D eigenvalue weighted by molar-refractivity contribution is 4.39. The van der Waals surface area contributed by atoms with Crippen molar-refractivity contribution in [2.45, 2.75) is 12.6 Å². The van der Waals surface area contributed by atoms with E-state index >= 15 is 0 Å². The molecule has 0 bridgehead atoms. The number of nitrogens with two attached hydrogens (primary N) is 1. The minimum atomic E-state index is -0.722. The first-order valence-electron chi connectivity index (χ1n) is 2.20. The molecule has 0 saturated heterocycles. The van der Waals surface area contributed by atoms with E-state index in [0.29, 0.717) is 13.0 Å². The Hall–Kier alpha value is -0.120. The van der Waals surface area contributed by atoms with Crippen molar-refractivity contribution in [2.24, 2.45) is 5.73 Å². The molecule has 3 heteroatoms. The minimum Gasteiger partial charge on any atom is -0.385 e. The number of rotatable bonds is 3. The molecule has 0 aliphatic carbocycles. The van der Waals surface area contributed by atoms with Gasteiger partial charge in [-0.3, -0.25) is 0 Å². The van der Waals surface area contributed by atoms with Crippen molar-refractivity contribution in [1.82, 2.24) is 0 Å². The Morgan fingerprint density at radius 3 is 2.57 bits per heavy atom. The molecule has 0 spiro atoms. The van der Waals surface area contributed by atoms with Crippen LogP contribution in [0.3, 0.4) is 0 Å². The number of aliphatic hydroxyl groups excluding tert-OH is 1. The second-order valence-corrected chi connectivity index (χ2v) is 1.35. The summed E-state index contributed by atoms with van der Waals surface area (Å²) in [6, 6.07) is 0. The first-order chi connectivity index (χ1) is 3.27. The van der Waals surface area contributed by atoms with Crippen LogP contribution in [0.4, 0.5) is 0 Å². The van der Waals surface area contributed by atoms with Gasteiger partial charge in [-0.15, -0.1) is 0 Å². The SMILES string of the molecule is COCCC(N)O. The molecule has 0 aromatic heterocycles. The Bertz CT molecular complexity index is 38.7. The van der Waals surface area contributed by atoms with Crippen LogP contribution in [0.1, 0.15) is 6.42 Å². The fourth-order valence-electron chi connectivity index (χ4n) is 0.239. The molecule has 0 aliphatic rings. The van der Waals surface area contributed by atoms with E-state index in [1.54, 1.807) is 7.11 Å². The Labute approximate surface area is 43.1 Å². The Morgan fingerprint density at radius 1 is 1.86 bits per heavy atom. The third-order valence-electron chi connectivity index (χ3n) is 0.618. The van der Waals surface area contributed by atoms with Crippen LogP contribution in [0.5, 0.6) is 0 Å². The largest absolute Gasteiger partial charge is 0.385 e. The summed E-state index contributed by atoms with van der Waals surface area (Å²) in [5.74, 6) is 0. The summed E-state index contributed by atoms with van der Waals surface area (Å²) in [6.07, 6.45) is -0.212. The zero-order chi connectivity index (χ0) is 5.70. The molecular weight excluding hydrogens is 94.0 g/mol. The van der Waals surface area contributed by atoms with E-state index in [2.05, 4.69) is 4.74 Å². The molecule has 0 fully saturated rings. The lowest BCUT2D eigenvalue weighted by atomic mass is 10.4. The van der Waals surface area contributed by atoms with Gasteiger partial charge >= 0.3 is 0 Å². The summed E-state index contributed by atoms with van der Waals surface area (Å²) in [5.41, 5.74) is 4.95. The summed E-state index contributed by atoms with van der Waals surface area (Å²) in [5, 5.41) is 8.38. The molecule has 0 heterocycles. The maximum absolute atomic E-state index is 8.38. The predicted molar refractivity (Wildman–Crippen MR) is 26.7 cm³/mol. The van der Waals surface area contributed by atoms with Crippen LogP contribution in [0.15, 0.2) is 0 Å². The zero-order valence-electron chi connectivity index (χ0n) is 4.42. The number of hydrogen-bond donors (Lipinski definition) is 2. The topological polar surface area (TPSA) is 55.5 Å². The first-order valence-corrected chi connectivity index (χ1v) is 2.20. The van der Waals surface area contributed by atoms with Crippen molar-refractivity contribution < 1.29 is 9.84 Å². The maximum Gasteiger partial charge on any atom is 0.104 e. The van der Waals surface area contributed by atoms with Crippen molar-refractivity contribution in [3.05, 3.63) is 0 Å². The van der Waals surface area contributed by atoms with Gasteiger partial charge in [0.05, 0.1) is 0 Å². The Kier molecular flexibility index (Phi) is 3.98. The lowest BCUT2D eigenvalue weighted by Crippen LogP contribution is -2.20. The van der Waals surface area contributed by atoms with E-state index in [1.807, 2.05) is 0 Å². The molecule has 0 radical (unpaired) electrons. The lowest BCUT2D eigenvalue weighted by Gasteiger charge is -1.99. The van der Waals surface area contributed by atoms with E-state index in [-0.39, 0.29) is 0 Å². The molecule has 7 heavy (non-hydrogen) atoms. The molecule has 0 amide bonds. The molecule has 0 aromatic rings. The van der Waals surface area contributed by atoms with E-state index in [1.165, 1.54) is 0 Å². The highest BCUT2D eigenvalue weighted by atomic mass is 16.5. The van der Waals surface area contributed by atoms with Gasteiger partial charge in [0.25, 0.3) is 0 Å². The van der Waals surface area contributed by atoms with Crippen molar-refractivity contribution in [3.8, 4) is 0 Å². The Balaban J connectivity index is 2.68. The maximum atomic E-state index is 8.38. The third kappa shape index (κ3) is 5.88. The Morgan fingerprint density at radius 2 is 2.43 bits per heavy atom. The van der Waals surface area contributed by atoms with Crippen LogP contribution >= 0.6 is 0 Å². The van der Waals surface area contributed by atoms with Crippen LogP contribution < -0.4 is 5.73 Å². The molecule has 3 nitrogen and oxygen atoms in total. The summed E-state index contributed by atoms with van der Waals surface area (Å²) in [6.45, 7) is 0.525. The van der Waals surface area contributed by atoms with Gasteiger partial charge in [0.2, 0.25) is 0 Å². The molecule has 3 N–H and O–H groups in total. The number of aliphatic hydroxyl groups is 1. The van der Waals surface area contributed by atoms with Crippen molar-refractivity contribution in [2.75, 3.05) is 13.7 Å². The van der Waals surface area contributed by atoms with Crippen molar-refractivity contribution in [1.29, 1.82) is 0 Å². The third-order valence-corrected chi connectivity index (χ3v) is 0.618. The van der Waals surface area contributed by atoms with Gasteiger partial charge in [0.1, 0.15) is 6.23 Å². The minimum absolute atomic E-state index is 0.510. The smallest absolute Gasteiger partial charge is 0.104 e. The van der Waals surface area contributed by atoms with Crippen LogP contribution in [0.25, 0.3) is 0 Å². The highest BCUT2D eigenvalue weighted by Crippen LogP contribution is 1.80. The van der Waals surface area contributed by atoms with Crippen molar-refractivity contribution >= 4 is 0 Å². The van der Waals surface area contributed by atoms with Crippen molar-refractivity contribution in [3.63, 3.8) is 0 Å². The average Bonchev–Trinajstić information content (AvgIpc) is 1.61. The van der Waals surface area contributed by atoms with Gasteiger partial charge in [0.15, 0.2) is 0 Å². The standard InChI is InChI=1S/C4H11NO2/c1-7-3-2-4(5)6/h4,6H,2-3,5H2,1H3. The molecule has 0 aromatic carbocycles. The summed E-state index contributed by atoms with van der Waals surface area (Å²) in [7, 11) is 1.57. The van der Waals surface area contributed by atoms with Gasteiger partial charge in [-0.25, -0.2) is 0 Å². The van der Waals surface area contributed by atoms with Gasteiger partial charge < -0.3 is 15.6 Å². The van der Waals surface area contributed by atoms with Gasteiger partial charge in [-0.05, 0) is 0 Å². The molecule has 1 unspecified atom stereocenters. The number of methoxy groups -OCH3 is 1. The van der Waals surface area contributed by atoms with E-state index in [9.17, 15) is 0 Å². The summed E-state index contributed by atoms with van der Waals surface area (Å²) < 4.78 is 4.61. The van der Waals surface area contributed by atoms with Crippen LogP contribution in [0.2, 0.25) is 0 Å². The molecule has 0 rings (SSSR count). The lowest BCUT2D eigenvalue weighted by molar-refractivity contribution is 0.114. The van der Waals surface area contributed by atoms with E-state index in [4.69, 9.17) is 10.8 Å². The van der Waals surface area contributed by atoms with Gasteiger partial charge in [-0.1, -0.05) is 0 Å². The quantitative estimate of drug-likeness (QED) is 0.467. The molecule has 0 saturated carbocycles. The van der Waals surface area contributed by atoms with Gasteiger partial charge in [0, 0.05) is 20.1 Å². The average molecular weight is 105 g/mol. The monoisotopic (exact) mass is 105 g/mol. The molecule has 0 aliphatic heterocycles. The fraction of sp³-hybridized carbons (Fsp3) is 1.00. The second-order valence-electron chi connectivity index (χ2n) is 1.35.